The van der Waals surface area contributed by atoms with Gasteiger partial charge in [-0.15, -0.1) is 0 Å². The Hall–Kier alpha value is -0.750. The van der Waals surface area contributed by atoms with Crippen LogP contribution >= 0.6 is 0 Å². The predicted molar refractivity (Wildman–Crippen MR) is 91.0 cm³/mol. The fraction of sp³-hybridized carbons (Fsp3) is 0.833. The molecule has 0 amide bonds. The average Bonchev–Trinajstić information content (AvgIpc) is 2.98. The van der Waals surface area contributed by atoms with Crippen LogP contribution in [0.3, 0.4) is 0 Å². The molecule has 2 N–H and O–H groups in total. The number of ether oxygens (including phenoxy) is 2. The maximum Gasteiger partial charge on any atom is 0.154 e. The summed E-state index contributed by atoms with van der Waals surface area (Å²) >= 11 is 0. The zero-order valence-electron chi connectivity index (χ0n) is 15.2. The average molecular weight is 330 g/mol. The van der Waals surface area contributed by atoms with Crippen molar-refractivity contribution >= 4 is 6.29 Å². The monoisotopic (exact) mass is 330 g/mol. The Morgan fingerprint density at radius 2 is 1.74 bits per heavy atom. The molecule has 23 heavy (non-hydrogen) atoms. The second-order valence-corrected chi connectivity index (χ2v) is 6.58. The maximum absolute atomic E-state index is 10.1. The number of aldehydes is 1. The molecule has 0 aromatic carbocycles. The minimum Gasteiger partial charge on any atom is -0.396 e. The van der Waals surface area contributed by atoms with Crippen LogP contribution in [0.5, 0.6) is 0 Å². The van der Waals surface area contributed by atoms with Crippen molar-refractivity contribution in [3.8, 4) is 0 Å². The van der Waals surface area contributed by atoms with E-state index in [1.165, 1.54) is 0 Å². The molecule has 0 heterocycles. The lowest BCUT2D eigenvalue weighted by molar-refractivity contribution is -0.123. The summed E-state index contributed by atoms with van der Waals surface area (Å²) in [5, 5.41) is 16.9. The van der Waals surface area contributed by atoms with Gasteiger partial charge in [0, 0.05) is 24.5 Å². The van der Waals surface area contributed by atoms with Crippen LogP contribution in [-0.4, -0.2) is 49.2 Å². The number of allylic oxidation sites excluding steroid dienone is 2. The van der Waals surface area contributed by atoms with Crippen LogP contribution in [-0.2, 0) is 14.3 Å². The van der Waals surface area contributed by atoms with Crippen molar-refractivity contribution in [2.75, 3.05) is 26.4 Å². The van der Waals surface area contributed by atoms with Crippen molar-refractivity contribution in [2.24, 2.45) is 23.2 Å². The van der Waals surface area contributed by atoms with E-state index in [4.69, 9.17) is 19.7 Å². The highest BCUT2D eigenvalue weighted by atomic mass is 16.7. The fourth-order valence-corrected chi connectivity index (χ4v) is 2.17. The minimum atomic E-state index is -0.306. The highest BCUT2D eigenvalue weighted by Crippen LogP contribution is 2.52. The van der Waals surface area contributed by atoms with E-state index in [-0.39, 0.29) is 24.9 Å². The number of rotatable bonds is 7. The molecule has 2 rings (SSSR count). The van der Waals surface area contributed by atoms with Gasteiger partial charge in [-0.2, -0.15) is 0 Å². The Kier molecular flexibility index (Phi) is 11.4. The topological polar surface area (TPSA) is 76.0 Å². The fourth-order valence-electron chi connectivity index (χ4n) is 2.17. The summed E-state index contributed by atoms with van der Waals surface area (Å²) < 4.78 is 10.1. The standard InChI is InChI=1S/C7H8O.C6H14O2.C5H12O2/c8-4-7-5-2-1-3-6(5)7;1-4-7-6(3)8-5-2;1-5(2,3-6)4-7/h1-2,4-7H,3H2;6H,4-5H2,1-3H3;6-7H,3-4H2,1-2H3. The molecular formula is C18H34O5. The Balaban J connectivity index is 0.000000317. The molecule has 3 atom stereocenters. The second-order valence-electron chi connectivity index (χ2n) is 6.58. The number of carbonyl (C=O) groups is 1. The van der Waals surface area contributed by atoms with Crippen LogP contribution in [0, 0.1) is 23.2 Å². The number of aliphatic hydroxyl groups is 2. The molecule has 0 radical (unpaired) electrons. The highest BCUT2D eigenvalue weighted by molar-refractivity contribution is 5.61. The van der Waals surface area contributed by atoms with Gasteiger partial charge >= 0.3 is 0 Å². The van der Waals surface area contributed by atoms with Crippen LogP contribution < -0.4 is 0 Å². The van der Waals surface area contributed by atoms with E-state index in [9.17, 15) is 4.79 Å². The first-order valence-corrected chi connectivity index (χ1v) is 8.43. The van der Waals surface area contributed by atoms with Crippen molar-refractivity contribution in [1.29, 1.82) is 0 Å². The Bertz CT molecular complexity index is 324. The number of hydrogen-bond donors (Lipinski definition) is 2. The predicted octanol–water partition coefficient (Wildman–Crippen LogP) is 2.41. The van der Waals surface area contributed by atoms with E-state index in [1.54, 1.807) is 13.8 Å². The smallest absolute Gasteiger partial charge is 0.154 e. The van der Waals surface area contributed by atoms with Gasteiger partial charge in [-0.3, -0.25) is 0 Å². The summed E-state index contributed by atoms with van der Waals surface area (Å²) in [5.74, 6) is 1.76. The summed E-state index contributed by atoms with van der Waals surface area (Å²) in [7, 11) is 0. The van der Waals surface area contributed by atoms with E-state index < -0.39 is 0 Å². The quantitative estimate of drug-likeness (QED) is 0.426. The zero-order chi connectivity index (χ0) is 17.9. The molecule has 3 unspecified atom stereocenters. The SMILES string of the molecule is CC(C)(CO)CO.CCOC(C)OCC.O=CC1C2C=CCC12. The summed E-state index contributed by atoms with van der Waals surface area (Å²) in [6, 6.07) is 0. The van der Waals surface area contributed by atoms with Crippen LogP contribution in [0.2, 0.25) is 0 Å². The molecule has 0 saturated heterocycles. The summed E-state index contributed by atoms with van der Waals surface area (Å²) in [5.41, 5.74) is -0.306. The third kappa shape index (κ3) is 9.20. The Morgan fingerprint density at radius 3 is 1.96 bits per heavy atom. The van der Waals surface area contributed by atoms with Crippen LogP contribution in [0.1, 0.15) is 41.0 Å². The Morgan fingerprint density at radius 1 is 1.22 bits per heavy atom. The minimum absolute atomic E-state index is 0.0370. The maximum atomic E-state index is 10.1. The second kappa shape index (κ2) is 11.7. The van der Waals surface area contributed by atoms with E-state index in [2.05, 4.69) is 12.2 Å². The van der Waals surface area contributed by atoms with Crippen molar-refractivity contribution < 1.29 is 24.5 Å². The largest absolute Gasteiger partial charge is 0.396 e. The number of hydrogen-bond acceptors (Lipinski definition) is 5. The van der Waals surface area contributed by atoms with Gasteiger partial charge in [-0.1, -0.05) is 26.0 Å². The highest BCUT2D eigenvalue weighted by Gasteiger charge is 2.49. The van der Waals surface area contributed by atoms with Crippen molar-refractivity contribution in [3.05, 3.63) is 12.2 Å². The summed E-state index contributed by atoms with van der Waals surface area (Å²) in [6.07, 6.45) is 6.55. The molecule has 5 nitrogen and oxygen atoms in total. The third-order valence-electron chi connectivity index (χ3n) is 3.87. The molecule has 2 aliphatic carbocycles. The van der Waals surface area contributed by atoms with Crippen molar-refractivity contribution in [2.45, 2.75) is 47.3 Å². The van der Waals surface area contributed by atoms with Gasteiger partial charge in [0.15, 0.2) is 6.29 Å². The van der Waals surface area contributed by atoms with Gasteiger partial charge in [-0.25, -0.2) is 0 Å². The van der Waals surface area contributed by atoms with Gasteiger partial charge in [0.2, 0.25) is 0 Å². The number of carbonyl (C=O) groups excluding carboxylic acids is 1. The molecule has 1 saturated carbocycles. The molecule has 0 aliphatic heterocycles. The molecule has 0 aromatic rings. The summed E-state index contributed by atoms with van der Waals surface area (Å²) in [6.45, 7) is 10.9. The zero-order valence-corrected chi connectivity index (χ0v) is 15.2. The molecule has 136 valence electrons. The first-order valence-electron chi connectivity index (χ1n) is 8.43. The first kappa shape index (κ1) is 22.2. The van der Waals surface area contributed by atoms with Crippen molar-refractivity contribution in [1.82, 2.24) is 0 Å². The number of fused-ring (bicyclic) bond motifs is 1. The van der Waals surface area contributed by atoms with Gasteiger partial charge < -0.3 is 24.5 Å². The van der Waals surface area contributed by atoms with Gasteiger partial charge in [0.25, 0.3) is 0 Å². The van der Waals surface area contributed by atoms with Crippen LogP contribution in [0.4, 0.5) is 0 Å². The van der Waals surface area contributed by atoms with Crippen LogP contribution in [0.15, 0.2) is 12.2 Å². The van der Waals surface area contributed by atoms with E-state index >= 15 is 0 Å². The van der Waals surface area contributed by atoms with E-state index in [0.717, 1.165) is 25.9 Å². The molecule has 1 fully saturated rings. The summed E-state index contributed by atoms with van der Waals surface area (Å²) in [4.78, 5) is 10.1. The van der Waals surface area contributed by atoms with Crippen LogP contribution in [0.25, 0.3) is 0 Å². The molecule has 0 bridgehead atoms. The lowest BCUT2D eigenvalue weighted by atomic mass is 9.97. The Labute approximate surface area is 140 Å². The first-order chi connectivity index (χ1) is 10.9. The molecule has 5 heteroatoms. The van der Waals surface area contributed by atoms with Gasteiger partial charge in [-0.05, 0) is 39.0 Å². The lowest BCUT2D eigenvalue weighted by Crippen LogP contribution is -2.20. The van der Waals surface area contributed by atoms with Crippen molar-refractivity contribution in [3.63, 3.8) is 0 Å². The van der Waals surface area contributed by atoms with Gasteiger partial charge in [0.05, 0.1) is 13.2 Å². The molecular weight excluding hydrogens is 296 g/mol. The number of aliphatic hydroxyl groups excluding tert-OH is 2. The van der Waals surface area contributed by atoms with E-state index in [0.29, 0.717) is 17.8 Å². The third-order valence-corrected chi connectivity index (χ3v) is 3.87. The van der Waals surface area contributed by atoms with E-state index in [1.807, 2.05) is 20.8 Å². The molecule has 0 spiro atoms. The molecule has 0 aromatic heterocycles. The molecule has 2 aliphatic rings. The normalized spacial score (nSPS) is 24.3. The lowest BCUT2D eigenvalue weighted by Gasteiger charge is -2.16. The van der Waals surface area contributed by atoms with Gasteiger partial charge in [0.1, 0.15) is 6.29 Å².